The average molecular weight is 239 g/mol. The number of anilines is 1. The van der Waals surface area contributed by atoms with Crippen LogP contribution in [0.1, 0.15) is 13.8 Å². The van der Waals surface area contributed by atoms with Crippen molar-refractivity contribution in [2.24, 2.45) is 0 Å². The van der Waals surface area contributed by atoms with E-state index < -0.39 is 0 Å². The fraction of sp³-hybridized carbons (Fsp3) is 0.417. The molecule has 1 heterocycles. The molecule has 86 valence electrons. The van der Waals surface area contributed by atoms with Crippen LogP contribution in [0.15, 0.2) is 24.3 Å². The van der Waals surface area contributed by atoms with Crippen LogP contribution >= 0.6 is 11.6 Å². The molecule has 0 aliphatic carbocycles. The van der Waals surface area contributed by atoms with Crippen LogP contribution in [0.25, 0.3) is 0 Å². The average Bonchev–Trinajstić information content (AvgIpc) is 2.15. The van der Waals surface area contributed by atoms with Crippen molar-refractivity contribution >= 4 is 23.2 Å². The second kappa shape index (κ2) is 3.98. The number of nitrogens with one attached hydrogen (secondary N) is 1. The lowest BCUT2D eigenvalue weighted by Crippen LogP contribution is -2.60. The molecule has 0 atom stereocenters. The van der Waals surface area contributed by atoms with E-state index in [1.807, 2.05) is 43.0 Å². The van der Waals surface area contributed by atoms with E-state index in [-0.39, 0.29) is 11.4 Å². The summed E-state index contributed by atoms with van der Waals surface area (Å²) in [4.78, 5) is 13.6. The van der Waals surface area contributed by atoms with Crippen LogP contribution in [-0.2, 0) is 4.79 Å². The third kappa shape index (κ3) is 2.30. The van der Waals surface area contributed by atoms with Gasteiger partial charge in [-0.25, -0.2) is 0 Å². The van der Waals surface area contributed by atoms with Crippen LogP contribution in [0, 0.1) is 0 Å². The number of piperazine rings is 1. The number of amides is 1. The van der Waals surface area contributed by atoms with E-state index in [1.54, 1.807) is 0 Å². The fourth-order valence-electron chi connectivity index (χ4n) is 2.04. The second-order valence-corrected chi connectivity index (χ2v) is 5.15. The van der Waals surface area contributed by atoms with Crippen LogP contribution in [-0.4, -0.2) is 24.5 Å². The highest BCUT2D eigenvalue weighted by molar-refractivity contribution is 6.33. The maximum Gasteiger partial charge on any atom is 0.239 e. The molecule has 2 rings (SSSR count). The normalized spacial score (nSPS) is 19.4. The number of carbonyl (C=O) groups excluding carboxylic acids is 1. The van der Waals surface area contributed by atoms with Crippen molar-refractivity contribution in [3.8, 4) is 0 Å². The number of carbonyl (C=O) groups is 1. The molecule has 1 fully saturated rings. The molecule has 1 aromatic rings. The monoisotopic (exact) mass is 238 g/mol. The maximum atomic E-state index is 11.6. The molecule has 1 saturated heterocycles. The van der Waals surface area contributed by atoms with E-state index in [4.69, 9.17) is 11.6 Å². The topological polar surface area (TPSA) is 32.3 Å². The largest absolute Gasteiger partial charge is 0.359 e. The first-order chi connectivity index (χ1) is 7.48. The van der Waals surface area contributed by atoms with Crippen molar-refractivity contribution in [2.45, 2.75) is 19.4 Å². The highest BCUT2D eigenvalue weighted by Crippen LogP contribution is 2.27. The Hall–Kier alpha value is -1.22. The summed E-state index contributed by atoms with van der Waals surface area (Å²) in [6, 6.07) is 7.61. The van der Waals surface area contributed by atoms with Gasteiger partial charge in [0.25, 0.3) is 0 Å². The van der Waals surface area contributed by atoms with Crippen LogP contribution in [0.3, 0.4) is 0 Å². The zero-order chi connectivity index (χ0) is 11.8. The first-order valence-corrected chi connectivity index (χ1v) is 5.66. The first-order valence-electron chi connectivity index (χ1n) is 5.28. The van der Waals surface area contributed by atoms with Gasteiger partial charge in [-0.15, -0.1) is 0 Å². The standard InChI is InChI=1S/C12H15ClN2O/c1-12(2)8-15(7-11(16)14-12)10-6-4-3-5-9(10)13/h3-6H,7-8H2,1-2H3,(H,14,16). The number of hydrogen-bond acceptors (Lipinski definition) is 2. The smallest absolute Gasteiger partial charge is 0.239 e. The van der Waals surface area contributed by atoms with E-state index in [0.717, 1.165) is 12.2 Å². The van der Waals surface area contributed by atoms with Gasteiger partial charge in [-0.3, -0.25) is 4.79 Å². The molecule has 0 saturated carbocycles. The summed E-state index contributed by atoms with van der Waals surface area (Å²) in [5.74, 6) is 0.0381. The molecule has 0 aromatic heterocycles. The second-order valence-electron chi connectivity index (χ2n) is 4.74. The van der Waals surface area contributed by atoms with Gasteiger partial charge in [0, 0.05) is 6.54 Å². The number of para-hydroxylation sites is 1. The highest BCUT2D eigenvalue weighted by Gasteiger charge is 2.31. The van der Waals surface area contributed by atoms with Crippen molar-refractivity contribution in [3.05, 3.63) is 29.3 Å². The molecular weight excluding hydrogens is 224 g/mol. The lowest BCUT2D eigenvalue weighted by molar-refractivity contribution is -0.122. The number of benzene rings is 1. The molecule has 0 radical (unpaired) electrons. The van der Waals surface area contributed by atoms with Crippen molar-refractivity contribution in [1.29, 1.82) is 0 Å². The molecule has 0 spiro atoms. The van der Waals surface area contributed by atoms with Gasteiger partial charge in [-0.2, -0.15) is 0 Å². The summed E-state index contributed by atoms with van der Waals surface area (Å²) < 4.78 is 0. The zero-order valence-corrected chi connectivity index (χ0v) is 10.2. The fourth-order valence-corrected chi connectivity index (χ4v) is 2.30. The van der Waals surface area contributed by atoms with E-state index in [0.29, 0.717) is 11.6 Å². The van der Waals surface area contributed by atoms with Crippen molar-refractivity contribution in [3.63, 3.8) is 0 Å². The van der Waals surface area contributed by atoms with Crippen molar-refractivity contribution < 1.29 is 4.79 Å². The molecule has 1 aliphatic heterocycles. The Labute approximate surface area is 100 Å². The van der Waals surface area contributed by atoms with Crippen LogP contribution < -0.4 is 10.2 Å². The van der Waals surface area contributed by atoms with Gasteiger partial charge < -0.3 is 10.2 Å². The van der Waals surface area contributed by atoms with Crippen LogP contribution in [0.2, 0.25) is 5.02 Å². The summed E-state index contributed by atoms with van der Waals surface area (Å²) in [5.41, 5.74) is 0.709. The Morgan fingerprint density at radius 1 is 1.38 bits per heavy atom. The third-order valence-electron chi connectivity index (χ3n) is 2.59. The van der Waals surface area contributed by atoms with Crippen LogP contribution in [0.4, 0.5) is 5.69 Å². The van der Waals surface area contributed by atoms with E-state index in [2.05, 4.69) is 5.32 Å². The SMILES string of the molecule is CC1(C)CN(c2ccccc2Cl)CC(=O)N1. The molecule has 1 aliphatic rings. The van der Waals surface area contributed by atoms with Crippen molar-refractivity contribution in [1.82, 2.24) is 5.32 Å². The number of halogens is 1. The Morgan fingerprint density at radius 3 is 2.69 bits per heavy atom. The van der Waals surface area contributed by atoms with Gasteiger partial charge in [0.15, 0.2) is 0 Å². The Kier molecular flexibility index (Phi) is 2.80. The summed E-state index contributed by atoms with van der Waals surface area (Å²) >= 11 is 6.13. The minimum absolute atomic E-state index is 0.0381. The Balaban J connectivity index is 2.28. The predicted molar refractivity (Wildman–Crippen MR) is 65.9 cm³/mol. The van der Waals surface area contributed by atoms with Gasteiger partial charge in [0.1, 0.15) is 0 Å². The molecule has 1 N–H and O–H groups in total. The van der Waals surface area contributed by atoms with E-state index >= 15 is 0 Å². The number of hydrogen-bond donors (Lipinski definition) is 1. The van der Waals surface area contributed by atoms with E-state index in [9.17, 15) is 4.79 Å². The highest BCUT2D eigenvalue weighted by atomic mass is 35.5. The molecule has 1 aromatic carbocycles. The van der Waals surface area contributed by atoms with Crippen molar-refractivity contribution in [2.75, 3.05) is 18.0 Å². The Morgan fingerprint density at radius 2 is 2.06 bits per heavy atom. The molecule has 1 amide bonds. The molecule has 16 heavy (non-hydrogen) atoms. The quantitative estimate of drug-likeness (QED) is 0.812. The predicted octanol–water partition coefficient (Wildman–Crippen LogP) is 2.05. The van der Waals surface area contributed by atoms with Gasteiger partial charge in [-0.05, 0) is 26.0 Å². The number of nitrogens with zero attached hydrogens (tertiary/aromatic N) is 1. The summed E-state index contributed by atoms with van der Waals surface area (Å²) in [5, 5.41) is 3.64. The minimum Gasteiger partial charge on any atom is -0.359 e. The molecule has 4 heteroatoms. The van der Waals surface area contributed by atoms with Crippen LogP contribution in [0.5, 0.6) is 0 Å². The lowest BCUT2D eigenvalue weighted by atomic mass is 10.0. The minimum atomic E-state index is -0.214. The maximum absolute atomic E-state index is 11.6. The molecule has 0 unspecified atom stereocenters. The third-order valence-corrected chi connectivity index (χ3v) is 2.91. The molecule has 3 nitrogen and oxygen atoms in total. The number of rotatable bonds is 1. The molecule has 0 bridgehead atoms. The van der Waals surface area contributed by atoms with Gasteiger partial charge in [0.05, 0.1) is 22.8 Å². The summed E-state index contributed by atoms with van der Waals surface area (Å²) in [6.07, 6.45) is 0. The Bertz CT molecular complexity index is 417. The van der Waals surface area contributed by atoms with Gasteiger partial charge >= 0.3 is 0 Å². The first kappa shape index (κ1) is 11.3. The summed E-state index contributed by atoms with van der Waals surface area (Å²) in [7, 11) is 0. The lowest BCUT2D eigenvalue weighted by Gasteiger charge is -2.39. The van der Waals surface area contributed by atoms with Gasteiger partial charge in [-0.1, -0.05) is 23.7 Å². The summed E-state index contributed by atoms with van der Waals surface area (Å²) in [6.45, 7) is 5.15. The van der Waals surface area contributed by atoms with Gasteiger partial charge in [0.2, 0.25) is 5.91 Å². The zero-order valence-electron chi connectivity index (χ0n) is 9.46. The van der Waals surface area contributed by atoms with E-state index in [1.165, 1.54) is 0 Å². The molecular formula is C12H15ClN2O.